The number of benzene rings is 2. The van der Waals surface area contributed by atoms with Crippen molar-refractivity contribution in [1.29, 1.82) is 0 Å². The molecule has 1 unspecified atom stereocenters. The van der Waals surface area contributed by atoms with Crippen LogP contribution in [0.4, 0.5) is 0 Å². The third kappa shape index (κ3) is 1.95. The molecule has 0 saturated carbocycles. The first-order valence-electron chi connectivity index (χ1n) is 6.99. The molecule has 0 N–H and O–H groups in total. The van der Waals surface area contributed by atoms with E-state index in [0.717, 1.165) is 10.0 Å². The van der Waals surface area contributed by atoms with Crippen molar-refractivity contribution in [2.24, 2.45) is 0 Å². The Bertz CT molecular complexity index is 787. The summed E-state index contributed by atoms with van der Waals surface area (Å²) in [5.74, 6) is -0.0637. The molecule has 2 aromatic carbocycles. The largest absolute Gasteiger partial charge is 0.481 e. The van der Waals surface area contributed by atoms with Gasteiger partial charge in [-0.2, -0.15) is 0 Å². The van der Waals surface area contributed by atoms with E-state index in [0.29, 0.717) is 23.1 Å². The summed E-state index contributed by atoms with van der Waals surface area (Å²) < 4.78 is 6.80. The molecule has 0 saturated heterocycles. The minimum absolute atomic E-state index is 0.0928. The van der Waals surface area contributed by atoms with E-state index in [-0.39, 0.29) is 23.4 Å². The molecule has 1 atom stereocenters. The number of rotatable bonds is 1. The number of fused-ring (bicyclic) bond motifs is 1. The van der Waals surface area contributed by atoms with Crippen LogP contribution in [0.3, 0.4) is 0 Å². The Hall–Kier alpha value is -2.20. The van der Waals surface area contributed by atoms with Gasteiger partial charge in [0.2, 0.25) is 5.78 Å². The van der Waals surface area contributed by atoms with Crippen molar-refractivity contribution in [1.82, 2.24) is 0 Å². The fraction of sp³-hybridized carbons (Fsp3) is 0.111. The lowest BCUT2D eigenvalue weighted by atomic mass is 9.87. The van der Waals surface area contributed by atoms with Gasteiger partial charge < -0.3 is 4.74 Å². The lowest BCUT2D eigenvalue weighted by Crippen LogP contribution is -2.19. The second-order valence-electron chi connectivity index (χ2n) is 5.37. The van der Waals surface area contributed by atoms with Gasteiger partial charge in [-0.3, -0.25) is 9.59 Å². The molecule has 2 aliphatic rings. The van der Waals surface area contributed by atoms with Crippen LogP contribution in [0.25, 0.3) is 0 Å². The molecule has 1 heterocycles. The van der Waals surface area contributed by atoms with Crippen molar-refractivity contribution in [2.45, 2.75) is 12.5 Å². The minimum atomic E-state index is -0.277. The number of halogens is 1. The highest BCUT2D eigenvalue weighted by atomic mass is 79.9. The molecular formula is C18H11BrO3. The first kappa shape index (κ1) is 13.5. The normalized spacial score (nSPS) is 19.8. The number of ketones is 2. The maximum atomic E-state index is 12.6. The van der Waals surface area contributed by atoms with Crippen molar-refractivity contribution >= 4 is 27.5 Å². The molecule has 0 bridgehead atoms. The fourth-order valence-corrected chi connectivity index (χ4v) is 3.21. The minimum Gasteiger partial charge on any atom is -0.481 e. The Labute approximate surface area is 135 Å². The number of carbonyl (C=O) groups is 2. The second kappa shape index (κ2) is 4.92. The summed E-state index contributed by atoms with van der Waals surface area (Å²) in [5.41, 5.74) is 2.37. The Morgan fingerprint density at radius 1 is 0.909 bits per heavy atom. The van der Waals surface area contributed by atoms with Gasteiger partial charge in [0.05, 0.1) is 5.57 Å². The molecule has 22 heavy (non-hydrogen) atoms. The SMILES string of the molecule is O=C1C2=C(OC(c3ccc(Br)cc3)C2)C(=O)c2ccccc21. The highest BCUT2D eigenvalue weighted by molar-refractivity contribution is 9.10. The number of hydrogen-bond acceptors (Lipinski definition) is 3. The van der Waals surface area contributed by atoms with Gasteiger partial charge in [-0.1, -0.05) is 52.3 Å². The molecule has 2 aromatic rings. The molecule has 0 aromatic heterocycles. The molecule has 3 nitrogen and oxygen atoms in total. The number of ether oxygens (including phenoxy) is 1. The van der Waals surface area contributed by atoms with Crippen molar-refractivity contribution in [3.05, 3.63) is 81.0 Å². The summed E-state index contributed by atoms with van der Waals surface area (Å²) in [5, 5.41) is 0. The molecule has 4 heteroatoms. The Morgan fingerprint density at radius 2 is 1.55 bits per heavy atom. The van der Waals surface area contributed by atoms with Crippen molar-refractivity contribution in [3.8, 4) is 0 Å². The van der Waals surface area contributed by atoms with Crippen molar-refractivity contribution in [3.63, 3.8) is 0 Å². The Balaban J connectivity index is 1.71. The summed E-state index contributed by atoms with van der Waals surface area (Å²) in [4.78, 5) is 25.1. The smallest absolute Gasteiger partial charge is 0.228 e. The second-order valence-corrected chi connectivity index (χ2v) is 6.29. The first-order valence-corrected chi connectivity index (χ1v) is 7.78. The molecule has 4 rings (SSSR count). The Morgan fingerprint density at radius 3 is 2.23 bits per heavy atom. The lowest BCUT2D eigenvalue weighted by molar-refractivity contribution is 0.0840. The van der Waals surface area contributed by atoms with E-state index in [1.54, 1.807) is 24.3 Å². The molecule has 1 aliphatic heterocycles. The van der Waals surface area contributed by atoms with Crippen LogP contribution in [0.2, 0.25) is 0 Å². The lowest BCUT2D eigenvalue weighted by Gasteiger charge is -2.15. The van der Waals surface area contributed by atoms with E-state index in [4.69, 9.17) is 4.74 Å². The van der Waals surface area contributed by atoms with Gasteiger partial charge in [-0.25, -0.2) is 0 Å². The van der Waals surface area contributed by atoms with E-state index >= 15 is 0 Å². The van der Waals surface area contributed by atoms with Gasteiger partial charge in [0.1, 0.15) is 6.10 Å². The highest BCUT2D eigenvalue weighted by Gasteiger charge is 2.40. The molecular weight excluding hydrogens is 344 g/mol. The van der Waals surface area contributed by atoms with E-state index < -0.39 is 0 Å². The standard InChI is InChI=1S/C18H11BrO3/c19-11-7-5-10(6-8-11)15-9-14-16(20)12-3-1-2-4-13(12)17(21)18(14)22-15/h1-8,15H,9H2. The predicted octanol–water partition coefficient (Wildman–Crippen LogP) is 4.24. The van der Waals surface area contributed by atoms with Crippen LogP contribution >= 0.6 is 15.9 Å². The molecule has 0 radical (unpaired) electrons. The topological polar surface area (TPSA) is 43.4 Å². The molecule has 0 spiro atoms. The van der Waals surface area contributed by atoms with Crippen LogP contribution in [0.5, 0.6) is 0 Å². The van der Waals surface area contributed by atoms with Crippen LogP contribution in [-0.4, -0.2) is 11.6 Å². The number of carbonyl (C=O) groups excluding carboxylic acids is 2. The predicted molar refractivity (Wildman–Crippen MR) is 84.7 cm³/mol. The molecule has 0 amide bonds. The highest BCUT2D eigenvalue weighted by Crippen LogP contribution is 2.41. The van der Waals surface area contributed by atoms with Crippen LogP contribution in [0.15, 0.2) is 64.3 Å². The monoisotopic (exact) mass is 354 g/mol. The van der Waals surface area contributed by atoms with Crippen molar-refractivity contribution in [2.75, 3.05) is 0 Å². The van der Waals surface area contributed by atoms with Gasteiger partial charge >= 0.3 is 0 Å². The first-order chi connectivity index (χ1) is 10.6. The molecule has 108 valence electrons. The van der Waals surface area contributed by atoms with Gasteiger partial charge in [-0.15, -0.1) is 0 Å². The maximum Gasteiger partial charge on any atom is 0.228 e. The average Bonchev–Trinajstić information content (AvgIpc) is 2.99. The fourth-order valence-electron chi connectivity index (χ4n) is 2.95. The van der Waals surface area contributed by atoms with E-state index in [1.165, 1.54) is 0 Å². The third-order valence-electron chi connectivity index (χ3n) is 4.06. The average molecular weight is 355 g/mol. The molecule has 1 aliphatic carbocycles. The molecule has 0 fully saturated rings. The summed E-state index contributed by atoms with van der Waals surface area (Å²) in [7, 11) is 0. The zero-order valence-electron chi connectivity index (χ0n) is 11.5. The van der Waals surface area contributed by atoms with Gasteiger partial charge in [0.15, 0.2) is 11.5 Å². The van der Waals surface area contributed by atoms with E-state index in [2.05, 4.69) is 15.9 Å². The summed E-state index contributed by atoms with van der Waals surface area (Å²) in [6.45, 7) is 0. The Kier molecular flexibility index (Phi) is 3.01. The summed E-state index contributed by atoms with van der Waals surface area (Å²) >= 11 is 3.39. The summed E-state index contributed by atoms with van der Waals surface area (Å²) in [6.07, 6.45) is 0.163. The quantitative estimate of drug-likeness (QED) is 0.768. The van der Waals surface area contributed by atoms with Crippen LogP contribution < -0.4 is 0 Å². The zero-order valence-corrected chi connectivity index (χ0v) is 13.1. The van der Waals surface area contributed by atoms with E-state index in [1.807, 2.05) is 24.3 Å². The number of allylic oxidation sites excluding steroid dienone is 1. The zero-order chi connectivity index (χ0) is 15.3. The summed E-state index contributed by atoms with van der Waals surface area (Å²) in [6, 6.07) is 14.6. The maximum absolute atomic E-state index is 12.6. The van der Waals surface area contributed by atoms with E-state index in [9.17, 15) is 9.59 Å². The van der Waals surface area contributed by atoms with Gasteiger partial charge in [0, 0.05) is 22.0 Å². The van der Waals surface area contributed by atoms with Crippen LogP contribution in [0.1, 0.15) is 38.8 Å². The van der Waals surface area contributed by atoms with Crippen LogP contribution in [-0.2, 0) is 4.74 Å². The third-order valence-corrected chi connectivity index (χ3v) is 4.59. The van der Waals surface area contributed by atoms with Crippen LogP contribution in [0, 0.1) is 0 Å². The number of Topliss-reactive ketones (excluding diaryl/α,β-unsaturated/α-hetero) is 2. The van der Waals surface area contributed by atoms with Gasteiger partial charge in [-0.05, 0) is 17.7 Å². The number of hydrogen-bond donors (Lipinski definition) is 0. The van der Waals surface area contributed by atoms with Crippen molar-refractivity contribution < 1.29 is 14.3 Å². The van der Waals surface area contributed by atoms with Gasteiger partial charge in [0.25, 0.3) is 0 Å².